The SMILES string of the molecule is c1ncc(-c2ncc3ncsc3n2)s1. The highest BCUT2D eigenvalue weighted by Gasteiger charge is 2.05. The van der Waals surface area contributed by atoms with Crippen LogP contribution in [0, 0.1) is 0 Å². The van der Waals surface area contributed by atoms with Crippen LogP contribution in [-0.2, 0) is 0 Å². The van der Waals surface area contributed by atoms with E-state index < -0.39 is 0 Å². The molecule has 0 fully saturated rings. The standard InChI is InChI=1S/C8H4N4S2/c1-5-8(14-4-11-5)12-7(10-1)6-2-9-3-13-6/h1-4H. The van der Waals surface area contributed by atoms with Crippen molar-refractivity contribution in [3.05, 3.63) is 23.4 Å². The van der Waals surface area contributed by atoms with Gasteiger partial charge in [0, 0.05) is 6.20 Å². The molecule has 0 atom stereocenters. The third-order valence-corrected chi connectivity index (χ3v) is 3.25. The third kappa shape index (κ3) is 1.19. The number of thiazole rings is 2. The van der Waals surface area contributed by atoms with Gasteiger partial charge in [-0.25, -0.2) is 15.0 Å². The monoisotopic (exact) mass is 220 g/mol. The predicted molar refractivity (Wildman–Crippen MR) is 56.3 cm³/mol. The van der Waals surface area contributed by atoms with Crippen molar-refractivity contribution in [1.82, 2.24) is 19.9 Å². The van der Waals surface area contributed by atoms with Crippen LogP contribution in [0.1, 0.15) is 0 Å². The number of hydrogen-bond donors (Lipinski definition) is 0. The molecule has 0 saturated carbocycles. The molecule has 0 amide bonds. The summed E-state index contributed by atoms with van der Waals surface area (Å²) in [6.45, 7) is 0. The van der Waals surface area contributed by atoms with Crippen LogP contribution < -0.4 is 0 Å². The van der Waals surface area contributed by atoms with E-state index in [2.05, 4.69) is 19.9 Å². The molecule has 0 spiro atoms. The first-order valence-corrected chi connectivity index (χ1v) is 5.64. The van der Waals surface area contributed by atoms with E-state index in [9.17, 15) is 0 Å². The van der Waals surface area contributed by atoms with E-state index in [4.69, 9.17) is 0 Å². The molecule has 6 heteroatoms. The first-order valence-electron chi connectivity index (χ1n) is 3.88. The van der Waals surface area contributed by atoms with Crippen molar-refractivity contribution in [2.75, 3.05) is 0 Å². The number of fused-ring (bicyclic) bond motifs is 1. The van der Waals surface area contributed by atoms with E-state index >= 15 is 0 Å². The van der Waals surface area contributed by atoms with Gasteiger partial charge in [0.05, 0.1) is 22.1 Å². The first-order chi connectivity index (χ1) is 6.93. The van der Waals surface area contributed by atoms with Crippen LogP contribution in [0.15, 0.2) is 23.4 Å². The molecule has 0 aliphatic rings. The second-order valence-corrected chi connectivity index (χ2v) is 4.32. The van der Waals surface area contributed by atoms with Crippen LogP contribution in [0.2, 0.25) is 0 Å². The number of aromatic nitrogens is 4. The van der Waals surface area contributed by atoms with E-state index in [0.717, 1.165) is 21.0 Å². The van der Waals surface area contributed by atoms with E-state index in [-0.39, 0.29) is 0 Å². The van der Waals surface area contributed by atoms with Gasteiger partial charge in [-0.15, -0.1) is 22.7 Å². The fraction of sp³-hybridized carbons (Fsp3) is 0. The Hall–Kier alpha value is -1.40. The minimum atomic E-state index is 0.726. The van der Waals surface area contributed by atoms with Crippen molar-refractivity contribution in [2.24, 2.45) is 0 Å². The van der Waals surface area contributed by atoms with Crippen molar-refractivity contribution < 1.29 is 0 Å². The summed E-state index contributed by atoms with van der Waals surface area (Å²) in [5.74, 6) is 0.726. The lowest BCUT2D eigenvalue weighted by Crippen LogP contribution is -1.85. The van der Waals surface area contributed by atoms with Crippen molar-refractivity contribution in [1.29, 1.82) is 0 Å². The zero-order valence-corrected chi connectivity index (χ0v) is 8.55. The van der Waals surface area contributed by atoms with Crippen LogP contribution in [0.4, 0.5) is 0 Å². The molecular weight excluding hydrogens is 216 g/mol. The Morgan fingerprint density at radius 3 is 2.86 bits per heavy atom. The summed E-state index contributed by atoms with van der Waals surface area (Å²) in [6, 6.07) is 0. The van der Waals surface area contributed by atoms with Crippen molar-refractivity contribution in [3.8, 4) is 10.7 Å². The summed E-state index contributed by atoms with van der Waals surface area (Å²) >= 11 is 3.06. The highest BCUT2D eigenvalue weighted by molar-refractivity contribution is 7.16. The first kappa shape index (κ1) is 7.95. The summed E-state index contributed by atoms with van der Waals surface area (Å²) in [6.07, 6.45) is 3.51. The molecule has 3 rings (SSSR count). The minimum absolute atomic E-state index is 0.726. The Bertz CT molecular complexity index is 558. The van der Waals surface area contributed by atoms with Crippen molar-refractivity contribution >= 4 is 33.0 Å². The normalized spacial score (nSPS) is 10.9. The average molecular weight is 220 g/mol. The van der Waals surface area contributed by atoms with Gasteiger partial charge in [-0.2, -0.15) is 0 Å². The van der Waals surface area contributed by atoms with Crippen LogP contribution >= 0.6 is 22.7 Å². The van der Waals surface area contributed by atoms with Gasteiger partial charge in [-0.1, -0.05) is 0 Å². The molecular formula is C8H4N4S2. The van der Waals surface area contributed by atoms with Crippen LogP contribution in [-0.4, -0.2) is 19.9 Å². The number of rotatable bonds is 1. The molecule has 0 aliphatic heterocycles. The lowest BCUT2D eigenvalue weighted by atomic mass is 10.5. The zero-order valence-electron chi connectivity index (χ0n) is 6.91. The van der Waals surface area contributed by atoms with Gasteiger partial charge in [-0.3, -0.25) is 4.98 Å². The fourth-order valence-corrected chi connectivity index (χ4v) is 2.31. The van der Waals surface area contributed by atoms with E-state index in [1.54, 1.807) is 23.4 Å². The Balaban J connectivity index is 2.23. The van der Waals surface area contributed by atoms with Gasteiger partial charge < -0.3 is 0 Å². The summed E-state index contributed by atoms with van der Waals surface area (Å²) in [5, 5.41) is 0. The van der Waals surface area contributed by atoms with Gasteiger partial charge in [-0.05, 0) is 0 Å². The molecule has 0 aromatic carbocycles. The zero-order chi connectivity index (χ0) is 9.38. The maximum Gasteiger partial charge on any atom is 0.172 e. The number of hydrogen-bond acceptors (Lipinski definition) is 6. The summed E-state index contributed by atoms with van der Waals surface area (Å²) in [7, 11) is 0. The summed E-state index contributed by atoms with van der Waals surface area (Å²) in [4.78, 5) is 18.6. The Labute approximate surface area is 87.3 Å². The molecule has 3 aromatic heterocycles. The Morgan fingerprint density at radius 1 is 1.00 bits per heavy atom. The van der Waals surface area contributed by atoms with E-state index in [1.807, 2.05) is 0 Å². The van der Waals surface area contributed by atoms with Gasteiger partial charge in [0.1, 0.15) is 10.3 Å². The van der Waals surface area contributed by atoms with Gasteiger partial charge in [0.25, 0.3) is 0 Å². The summed E-state index contributed by atoms with van der Waals surface area (Å²) in [5.41, 5.74) is 4.40. The smallest absolute Gasteiger partial charge is 0.172 e. The molecule has 14 heavy (non-hydrogen) atoms. The molecule has 0 unspecified atom stereocenters. The van der Waals surface area contributed by atoms with Crippen LogP contribution in [0.3, 0.4) is 0 Å². The third-order valence-electron chi connectivity index (χ3n) is 1.74. The van der Waals surface area contributed by atoms with Crippen molar-refractivity contribution in [2.45, 2.75) is 0 Å². The molecule has 0 N–H and O–H groups in total. The molecule has 0 bridgehead atoms. The highest BCUT2D eigenvalue weighted by Crippen LogP contribution is 2.22. The molecule has 0 aliphatic carbocycles. The topological polar surface area (TPSA) is 51.6 Å². The average Bonchev–Trinajstić information content (AvgIpc) is 2.88. The van der Waals surface area contributed by atoms with Crippen molar-refractivity contribution in [3.63, 3.8) is 0 Å². The van der Waals surface area contributed by atoms with Gasteiger partial charge in [0.2, 0.25) is 0 Å². The van der Waals surface area contributed by atoms with E-state index in [1.165, 1.54) is 22.7 Å². The maximum atomic E-state index is 4.39. The minimum Gasteiger partial charge on any atom is -0.252 e. The quantitative estimate of drug-likeness (QED) is 0.631. The fourth-order valence-electron chi connectivity index (χ4n) is 1.11. The largest absolute Gasteiger partial charge is 0.252 e. The second-order valence-electron chi connectivity index (χ2n) is 2.60. The Kier molecular flexibility index (Phi) is 1.74. The van der Waals surface area contributed by atoms with Crippen LogP contribution in [0.25, 0.3) is 21.0 Å². The van der Waals surface area contributed by atoms with Crippen LogP contribution in [0.5, 0.6) is 0 Å². The van der Waals surface area contributed by atoms with Gasteiger partial charge in [0.15, 0.2) is 5.82 Å². The molecule has 0 radical (unpaired) electrons. The Morgan fingerprint density at radius 2 is 2.00 bits per heavy atom. The second kappa shape index (κ2) is 3.07. The van der Waals surface area contributed by atoms with Gasteiger partial charge >= 0.3 is 0 Å². The molecule has 0 saturated heterocycles. The lowest BCUT2D eigenvalue weighted by Gasteiger charge is -1.93. The highest BCUT2D eigenvalue weighted by atomic mass is 32.1. The lowest BCUT2D eigenvalue weighted by molar-refractivity contribution is 1.23. The maximum absolute atomic E-state index is 4.39. The predicted octanol–water partition coefficient (Wildman–Crippen LogP) is 2.21. The molecule has 4 nitrogen and oxygen atoms in total. The molecule has 3 heterocycles. The molecule has 3 aromatic rings. The summed E-state index contributed by atoms with van der Waals surface area (Å²) < 4.78 is 0. The van der Waals surface area contributed by atoms with E-state index in [0.29, 0.717) is 0 Å². The number of nitrogens with zero attached hydrogens (tertiary/aromatic N) is 4. The molecule has 68 valence electrons.